The van der Waals surface area contributed by atoms with Gasteiger partial charge in [0.05, 0.1) is 0 Å². The van der Waals surface area contributed by atoms with Gasteiger partial charge in [0.25, 0.3) is 0 Å². The van der Waals surface area contributed by atoms with E-state index in [2.05, 4.69) is 183 Å². The fourth-order valence-corrected chi connectivity index (χ4v) is 16.2. The molecule has 0 radical (unpaired) electrons. The van der Waals surface area contributed by atoms with Crippen LogP contribution in [0.4, 0.5) is 0 Å². The monoisotopic (exact) mass is 1010 g/mol. The van der Waals surface area contributed by atoms with Crippen LogP contribution < -0.4 is 0 Å². The van der Waals surface area contributed by atoms with Crippen LogP contribution in [-0.4, -0.2) is 67.0 Å². The van der Waals surface area contributed by atoms with Crippen molar-refractivity contribution in [3.63, 3.8) is 0 Å². The molecule has 0 aromatic rings. The summed E-state index contributed by atoms with van der Waals surface area (Å²) in [6, 6.07) is 2.30. The summed E-state index contributed by atoms with van der Waals surface area (Å²) in [5.74, 6) is 0. The summed E-state index contributed by atoms with van der Waals surface area (Å²) in [5.41, 5.74) is 0. The van der Waals surface area contributed by atoms with Gasteiger partial charge in [-0.05, 0) is 111 Å². The van der Waals surface area contributed by atoms with Crippen LogP contribution in [0.3, 0.4) is 0 Å². The van der Waals surface area contributed by atoms with Gasteiger partial charge in [0, 0.05) is 65.6 Å². The van der Waals surface area contributed by atoms with Crippen LogP contribution in [0.5, 0.6) is 0 Å². The fourth-order valence-electron chi connectivity index (χ4n) is 4.88. The minimum Gasteiger partial charge on any atom is 4.00 e. The van der Waals surface area contributed by atoms with E-state index in [9.17, 15) is 0 Å². The van der Waals surface area contributed by atoms with Crippen LogP contribution in [0.1, 0.15) is 111 Å². The number of hydrogen-bond donors (Lipinski definition) is 0. The largest absolute Gasteiger partial charge is 4.00 e. The Hall–Kier alpha value is 0.697. The first-order valence-electron chi connectivity index (χ1n) is 15.5. The molecule has 0 aromatic heterocycles. The van der Waals surface area contributed by atoms with Gasteiger partial charge < -0.3 is 0 Å². The first-order chi connectivity index (χ1) is 24.5. The Kier molecular flexibility index (Phi) is 78.5. The molecule has 0 amide bonds. The van der Waals surface area contributed by atoms with Crippen molar-refractivity contribution in [3.05, 3.63) is 53.2 Å². The maximum Gasteiger partial charge on any atom is 4.00 e. The molecule has 1 aliphatic heterocycles. The second-order valence-electron chi connectivity index (χ2n) is 11.9. The first kappa shape index (κ1) is 78.9. The molecular weight excluding hydrogens is 948 g/mol. The molecule has 1 heterocycles. The summed E-state index contributed by atoms with van der Waals surface area (Å²) in [6.07, 6.45) is 0. The van der Waals surface area contributed by atoms with E-state index in [0.29, 0.717) is 0 Å². The van der Waals surface area contributed by atoms with Crippen molar-refractivity contribution < 1.29 is 96.6 Å². The zero-order valence-corrected chi connectivity index (χ0v) is 42.1. The smallest absolute Gasteiger partial charge is 4.00 e. The van der Waals surface area contributed by atoms with E-state index >= 15 is 0 Å². The third-order valence-corrected chi connectivity index (χ3v) is 17.4. The average Bonchev–Trinajstić information content (AvgIpc) is 3.09. The van der Waals surface area contributed by atoms with Crippen molar-refractivity contribution >= 4 is 34.1 Å². The van der Waals surface area contributed by atoms with E-state index in [1.807, 2.05) is 0 Å². The molecule has 0 unspecified atom stereocenters. The molecule has 22 heteroatoms. The molecule has 16 nitrogen and oxygen atoms in total. The average molecular weight is 1010 g/mol. The number of nitrogens with zero attached hydrogens (tertiary/aromatic N) is 4. The van der Waals surface area contributed by atoms with Crippen LogP contribution in [-0.2, 0) is 96.6 Å². The van der Waals surface area contributed by atoms with Gasteiger partial charge >= 0.3 is 167 Å². The van der Waals surface area contributed by atoms with E-state index in [4.69, 9.17) is 54.5 Å². The van der Waals surface area contributed by atoms with Crippen molar-refractivity contribution in [1.82, 2.24) is 18.7 Å². The molecule has 0 atom stereocenters. The van der Waals surface area contributed by atoms with Crippen molar-refractivity contribution in [2.75, 3.05) is 0 Å². The minimum atomic E-state index is -1.86. The third kappa shape index (κ3) is 33.6. The standard InChI is InChI=1S/C24H56N4O4P4.8CO.2Mo/c1-17(2)25(18(3)4)33-29-34(26(19(5)6)20(7)8)31-36(28(23(13)14)24(15)16)32-35(30-33)27(21(9)10)22(11)12;8*1-2;;/h17-24H,1-16H3;;;;;;;;;;/q;;;;;;;;;2*+4/p+4. The van der Waals surface area contributed by atoms with Crippen LogP contribution in [0.15, 0.2) is 0 Å². The fraction of sp³-hybridized carbons (Fsp3) is 0.750. The molecule has 0 spiro atoms. The molecule has 0 bridgehead atoms. The molecule has 0 saturated carbocycles. The molecule has 1 rings (SSSR count). The molecule has 300 valence electrons. The van der Waals surface area contributed by atoms with Gasteiger partial charge in [0.1, 0.15) is 0 Å². The summed E-state index contributed by atoms with van der Waals surface area (Å²) >= 11 is 0. The van der Waals surface area contributed by atoms with Gasteiger partial charge in [-0.3, -0.25) is 0 Å². The van der Waals surface area contributed by atoms with Crippen molar-refractivity contribution in [1.29, 1.82) is 0 Å². The molecule has 0 aliphatic carbocycles. The predicted molar refractivity (Wildman–Crippen MR) is 197 cm³/mol. The maximum atomic E-state index is 7.50. The van der Waals surface area contributed by atoms with Crippen LogP contribution in [0.25, 0.3) is 0 Å². The SMILES string of the molecule is CC(C)N(C(C)C)[PH+]1O[PH+](N(C(C)C)C(C)C)O[PH+](N(C(C)C)C(C)C)O[PH+](N(C(C)C)C(C)C)O1.[C-]#[O+].[C-]#[O+].[C-]#[O+].[C-]#[O+].[C-]#[O+].[C-]#[O+].[C-]#[O+].[C-]#[O+].[Mo+4].[Mo+4]. The predicted octanol–water partition coefficient (Wildman–Crippen LogP) is 8.07. The first-order valence-corrected chi connectivity index (χ1v) is 20.5. The Morgan fingerprint density at radius 3 is 0.389 bits per heavy atom. The number of hydrogen-bond acceptors (Lipinski definition) is 8. The summed E-state index contributed by atoms with van der Waals surface area (Å²) in [7, 11) is -7.45. The minimum absolute atomic E-state index is 0. The van der Waals surface area contributed by atoms with Gasteiger partial charge in [-0.1, -0.05) is 0 Å². The summed E-state index contributed by atoms with van der Waals surface area (Å²) < 4.78 is 97.9. The van der Waals surface area contributed by atoms with Crippen LogP contribution in [0.2, 0.25) is 0 Å². The normalized spacial score (nSPS) is 17.0. The Morgan fingerprint density at radius 2 is 0.333 bits per heavy atom. The Bertz CT molecular complexity index is 769. The Morgan fingerprint density at radius 1 is 0.259 bits per heavy atom. The summed E-state index contributed by atoms with van der Waals surface area (Å²) in [6.45, 7) is 71.6. The van der Waals surface area contributed by atoms with Gasteiger partial charge in [-0.15, -0.1) is 18.7 Å². The maximum absolute atomic E-state index is 7.50. The molecule has 1 fully saturated rings. The van der Waals surface area contributed by atoms with Gasteiger partial charge in [-0.25, -0.2) is 0 Å². The van der Waals surface area contributed by atoms with E-state index in [-0.39, 0.29) is 90.5 Å². The van der Waals surface area contributed by atoms with Gasteiger partial charge in [0.15, 0.2) is 0 Å². The van der Waals surface area contributed by atoms with Crippen LogP contribution in [0, 0.1) is 53.2 Å². The number of rotatable bonds is 12. The second kappa shape index (κ2) is 53.7. The molecule has 54 heavy (non-hydrogen) atoms. The van der Waals surface area contributed by atoms with Crippen molar-refractivity contribution in [2.45, 2.75) is 159 Å². The summed E-state index contributed by atoms with van der Waals surface area (Å²) in [4.78, 5) is 0. The molecule has 1 aliphatic rings. The Labute approximate surface area is 359 Å². The summed E-state index contributed by atoms with van der Waals surface area (Å²) in [5, 5.41) is 0. The van der Waals surface area contributed by atoms with E-state index in [1.54, 1.807) is 0 Å². The third-order valence-electron chi connectivity index (χ3n) is 5.99. The van der Waals surface area contributed by atoms with Gasteiger partial charge in [-0.2, -0.15) is 0 Å². The topological polar surface area (TPSA) is 209 Å². The zero-order chi connectivity index (χ0) is 44.1. The van der Waals surface area contributed by atoms with E-state index in [1.165, 1.54) is 0 Å². The van der Waals surface area contributed by atoms with Crippen molar-refractivity contribution in [3.8, 4) is 0 Å². The Balaban J connectivity index is -0.000000118. The van der Waals surface area contributed by atoms with E-state index < -0.39 is 34.1 Å². The van der Waals surface area contributed by atoms with Crippen LogP contribution >= 0.6 is 34.1 Å². The molecule has 0 aromatic carbocycles. The van der Waals surface area contributed by atoms with Crippen molar-refractivity contribution in [2.24, 2.45) is 0 Å². The quantitative estimate of drug-likeness (QED) is 0.0806. The second-order valence-corrected chi connectivity index (χ2v) is 19.3. The molecule has 0 N–H and O–H groups in total. The molecular formula is C32H60Mo2N4O12P4+12. The van der Waals surface area contributed by atoms with E-state index in [0.717, 1.165) is 0 Å². The van der Waals surface area contributed by atoms with Gasteiger partial charge in [0.2, 0.25) is 0 Å². The zero-order valence-electron chi connectivity index (χ0n) is 34.1. The molecule has 1 saturated heterocycles.